The van der Waals surface area contributed by atoms with Crippen LogP contribution < -0.4 is 5.56 Å². The van der Waals surface area contributed by atoms with Crippen molar-refractivity contribution in [3.05, 3.63) is 58.9 Å². The van der Waals surface area contributed by atoms with E-state index in [4.69, 9.17) is 0 Å². The van der Waals surface area contributed by atoms with Gasteiger partial charge in [-0.2, -0.15) is 18.2 Å². The zero-order valence-electron chi connectivity index (χ0n) is 11.4. The number of nitrogens with zero attached hydrogens (tertiary/aromatic N) is 5. The molecule has 0 aromatic carbocycles. The van der Waals surface area contributed by atoms with E-state index in [1.807, 2.05) is 0 Å². The molecule has 0 aliphatic carbocycles. The molecule has 0 aliphatic rings. The second kappa shape index (κ2) is 5.63. The summed E-state index contributed by atoms with van der Waals surface area (Å²) in [6, 6.07) is 4.17. The van der Waals surface area contributed by atoms with Crippen molar-refractivity contribution in [2.45, 2.75) is 12.7 Å². The fourth-order valence-electron chi connectivity index (χ4n) is 1.80. The van der Waals surface area contributed by atoms with Gasteiger partial charge in [-0.1, -0.05) is 5.16 Å². The van der Waals surface area contributed by atoms with Crippen LogP contribution in [0.3, 0.4) is 0 Å². The largest absolute Gasteiger partial charge is 0.471 e. The van der Waals surface area contributed by atoms with Crippen LogP contribution in [0, 0.1) is 0 Å². The minimum atomic E-state index is -4.73. The molecule has 3 rings (SSSR count). The molecule has 0 saturated carbocycles. The van der Waals surface area contributed by atoms with Crippen molar-refractivity contribution >= 4 is 0 Å². The summed E-state index contributed by atoms with van der Waals surface area (Å²) in [7, 11) is 0. The highest BCUT2D eigenvalue weighted by molar-refractivity contribution is 5.52. The van der Waals surface area contributed by atoms with Gasteiger partial charge < -0.3 is 9.09 Å². The quantitative estimate of drug-likeness (QED) is 0.730. The van der Waals surface area contributed by atoms with Crippen LogP contribution in [-0.2, 0) is 12.7 Å². The van der Waals surface area contributed by atoms with E-state index in [0.29, 0.717) is 5.82 Å². The van der Waals surface area contributed by atoms with Gasteiger partial charge in [0.2, 0.25) is 5.82 Å². The number of rotatable bonds is 3. The summed E-state index contributed by atoms with van der Waals surface area (Å²) in [6.45, 7) is 0.139. The molecule has 0 saturated heterocycles. The maximum absolute atomic E-state index is 12.4. The second-order valence-corrected chi connectivity index (χ2v) is 4.47. The number of hydrogen-bond donors (Lipinski definition) is 0. The van der Waals surface area contributed by atoms with E-state index in [1.54, 1.807) is 18.5 Å². The van der Waals surface area contributed by atoms with Gasteiger partial charge in [0.15, 0.2) is 0 Å². The minimum Gasteiger partial charge on any atom is -0.329 e. The van der Waals surface area contributed by atoms with Crippen LogP contribution in [0.2, 0.25) is 0 Å². The first-order valence-electron chi connectivity index (χ1n) is 6.31. The van der Waals surface area contributed by atoms with Crippen LogP contribution in [0.4, 0.5) is 13.2 Å². The maximum Gasteiger partial charge on any atom is 0.471 e. The molecule has 7 nitrogen and oxygen atoms in total. The van der Waals surface area contributed by atoms with Gasteiger partial charge in [-0.3, -0.25) is 4.79 Å². The number of halogens is 3. The molecule has 3 aromatic rings. The molecular weight excluding hydrogens is 315 g/mol. The highest BCUT2D eigenvalue weighted by Gasteiger charge is 2.38. The smallest absolute Gasteiger partial charge is 0.329 e. The fourth-order valence-corrected chi connectivity index (χ4v) is 1.80. The van der Waals surface area contributed by atoms with Gasteiger partial charge in [-0.05, 0) is 12.1 Å². The van der Waals surface area contributed by atoms with Crippen LogP contribution in [0.25, 0.3) is 11.4 Å². The molecule has 23 heavy (non-hydrogen) atoms. The Balaban J connectivity index is 1.88. The summed E-state index contributed by atoms with van der Waals surface area (Å²) in [5.74, 6) is -1.34. The van der Waals surface area contributed by atoms with Crippen molar-refractivity contribution < 1.29 is 17.7 Å². The Labute approximate surface area is 126 Å². The molecule has 10 heteroatoms. The number of aromatic nitrogens is 5. The van der Waals surface area contributed by atoms with Crippen LogP contribution >= 0.6 is 0 Å². The number of alkyl halides is 3. The summed E-state index contributed by atoms with van der Waals surface area (Å²) < 4.78 is 42.7. The standard InChI is InChI=1S/C13H8F3N5O2/c14-13(15,16)12-19-11(20-23-12)8-2-5-21(10(22)6-8)7-9-17-3-1-4-18-9/h1-6H,7H2. The molecule has 0 unspecified atom stereocenters. The predicted octanol–water partition coefficient (Wildman–Crippen LogP) is 1.76. The van der Waals surface area contributed by atoms with Crippen LogP contribution in [0.1, 0.15) is 11.7 Å². The van der Waals surface area contributed by atoms with Gasteiger partial charge >= 0.3 is 12.1 Å². The lowest BCUT2D eigenvalue weighted by atomic mass is 10.2. The fraction of sp³-hybridized carbons (Fsp3) is 0.154. The van der Waals surface area contributed by atoms with Gasteiger partial charge in [0, 0.05) is 30.2 Å². The van der Waals surface area contributed by atoms with Crippen molar-refractivity contribution in [2.75, 3.05) is 0 Å². The molecule has 0 bridgehead atoms. The van der Waals surface area contributed by atoms with Gasteiger partial charge in [0.05, 0.1) is 6.54 Å². The molecule has 0 atom stereocenters. The zero-order valence-corrected chi connectivity index (χ0v) is 11.4. The molecule has 0 spiro atoms. The highest BCUT2D eigenvalue weighted by Crippen LogP contribution is 2.28. The molecule has 3 aromatic heterocycles. The van der Waals surface area contributed by atoms with Crippen molar-refractivity contribution in [3.8, 4) is 11.4 Å². The average Bonchev–Trinajstić information content (AvgIpc) is 3.00. The molecule has 0 radical (unpaired) electrons. The summed E-state index contributed by atoms with van der Waals surface area (Å²) in [5, 5.41) is 3.23. The van der Waals surface area contributed by atoms with E-state index in [9.17, 15) is 18.0 Å². The minimum absolute atomic E-state index is 0.125. The SMILES string of the molecule is O=c1cc(-c2noc(C(F)(F)F)n2)ccn1Cc1ncccn1. The average molecular weight is 323 g/mol. The second-order valence-electron chi connectivity index (χ2n) is 4.47. The Kier molecular flexibility index (Phi) is 3.64. The van der Waals surface area contributed by atoms with Gasteiger partial charge in [-0.25, -0.2) is 9.97 Å². The van der Waals surface area contributed by atoms with Crippen LogP contribution in [-0.4, -0.2) is 24.7 Å². The van der Waals surface area contributed by atoms with E-state index >= 15 is 0 Å². The van der Waals surface area contributed by atoms with E-state index in [0.717, 1.165) is 6.07 Å². The summed E-state index contributed by atoms with van der Waals surface area (Å²) in [4.78, 5) is 23.2. The van der Waals surface area contributed by atoms with E-state index in [2.05, 4.69) is 24.6 Å². The summed E-state index contributed by atoms with van der Waals surface area (Å²) in [6.07, 6.45) is -0.248. The molecule has 0 fully saturated rings. The monoisotopic (exact) mass is 323 g/mol. The molecular formula is C13H8F3N5O2. The van der Waals surface area contributed by atoms with Crippen molar-refractivity contribution in [1.29, 1.82) is 0 Å². The Morgan fingerprint density at radius 3 is 2.57 bits per heavy atom. The molecule has 118 valence electrons. The first kappa shape index (κ1) is 14.9. The molecule has 0 amide bonds. The van der Waals surface area contributed by atoms with Crippen molar-refractivity contribution in [2.24, 2.45) is 0 Å². The van der Waals surface area contributed by atoms with Crippen LogP contribution in [0.15, 0.2) is 46.1 Å². The van der Waals surface area contributed by atoms with Gasteiger partial charge in [0.25, 0.3) is 5.56 Å². The van der Waals surface area contributed by atoms with Crippen LogP contribution in [0.5, 0.6) is 0 Å². The summed E-state index contributed by atoms with van der Waals surface area (Å²) in [5.41, 5.74) is -0.326. The third-order valence-electron chi connectivity index (χ3n) is 2.85. The number of pyridine rings is 1. The Morgan fingerprint density at radius 1 is 1.22 bits per heavy atom. The maximum atomic E-state index is 12.4. The summed E-state index contributed by atoms with van der Waals surface area (Å²) >= 11 is 0. The predicted molar refractivity (Wildman–Crippen MR) is 70.1 cm³/mol. The lowest BCUT2D eigenvalue weighted by molar-refractivity contribution is -0.159. The first-order valence-corrected chi connectivity index (χ1v) is 6.31. The molecule has 0 N–H and O–H groups in total. The molecule has 3 heterocycles. The third-order valence-corrected chi connectivity index (χ3v) is 2.85. The topological polar surface area (TPSA) is 86.7 Å². The molecule has 0 aliphatic heterocycles. The van der Waals surface area contributed by atoms with E-state index < -0.39 is 17.6 Å². The normalized spacial score (nSPS) is 11.6. The Hall–Kier alpha value is -3.04. The first-order chi connectivity index (χ1) is 10.9. The lowest BCUT2D eigenvalue weighted by Gasteiger charge is -2.04. The lowest BCUT2D eigenvalue weighted by Crippen LogP contribution is -2.20. The Bertz CT molecular complexity index is 873. The van der Waals surface area contributed by atoms with Gasteiger partial charge in [-0.15, -0.1) is 0 Å². The Morgan fingerprint density at radius 2 is 1.96 bits per heavy atom. The van der Waals surface area contributed by atoms with E-state index in [-0.39, 0.29) is 17.9 Å². The van der Waals surface area contributed by atoms with Crippen molar-refractivity contribution in [3.63, 3.8) is 0 Å². The zero-order chi connectivity index (χ0) is 16.4. The van der Waals surface area contributed by atoms with Gasteiger partial charge in [0.1, 0.15) is 5.82 Å². The highest BCUT2D eigenvalue weighted by atomic mass is 19.4. The van der Waals surface area contributed by atoms with Crippen molar-refractivity contribution in [1.82, 2.24) is 24.7 Å². The third kappa shape index (κ3) is 3.25. The number of hydrogen-bond acceptors (Lipinski definition) is 6. The van der Waals surface area contributed by atoms with E-state index in [1.165, 1.54) is 16.8 Å².